The Morgan fingerprint density at radius 3 is 1.98 bits per heavy atom. The third-order valence-corrected chi connectivity index (χ3v) is 5.65. The van der Waals surface area contributed by atoms with Crippen LogP contribution in [0.4, 0.5) is 26.3 Å². The molecule has 9 heteroatoms. The molecule has 1 radical (unpaired) electrons. The van der Waals surface area contributed by atoms with E-state index in [1.54, 1.807) is 31.3 Å². The van der Waals surface area contributed by atoms with Gasteiger partial charge in [0, 0.05) is 32.5 Å². The van der Waals surface area contributed by atoms with Crippen molar-refractivity contribution in [3.63, 3.8) is 0 Å². The standard InChI is InChI=1S/C20H12F6N.C11H8N.Ir/c1-12-11-27-18(10-15(12)13-5-3-2-4-6-13)14-7-8-16(19(21,22)23)17(9-14)20(24,25)26;1-2-6-10(7-3-1)11-8-4-5-9-12-11;/h2-8,10-11H,1H3;1-6,8-9H;/q2*-1;. The van der Waals surface area contributed by atoms with E-state index in [9.17, 15) is 26.3 Å². The van der Waals surface area contributed by atoms with Crippen LogP contribution in [-0.2, 0) is 32.5 Å². The molecule has 0 saturated heterocycles. The number of alkyl halides is 6. The van der Waals surface area contributed by atoms with Gasteiger partial charge in [-0.1, -0.05) is 48.5 Å². The molecule has 2 nitrogen and oxygen atoms in total. The minimum absolute atomic E-state index is 0. The van der Waals surface area contributed by atoms with Gasteiger partial charge < -0.3 is 9.97 Å². The number of pyridine rings is 2. The third kappa shape index (κ3) is 7.64. The van der Waals surface area contributed by atoms with Gasteiger partial charge in [-0.2, -0.15) is 26.3 Å². The van der Waals surface area contributed by atoms with Crippen molar-refractivity contribution in [2.75, 3.05) is 0 Å². The van der Waals surface area contributed by atoms with Crippen LogP contribution in [-0.4, -0.2) is 9.97 Å². The summed E-state index contributed by atoms with van der Waals surface area (Å²) in [7, 11) is 0. The zero-order chi connectivity index (χ0) is 28.0. The molecule has 2 aromatic heterocycles. The summed E-state index contributed by atoms with van der Waals surface area (Å²) >= 11 is 0. The maximum absolute atomic E-state index is 13.1. The first-order valence-electron chi connectivity index (χ1n) is 11.7. The largest absolute Gasteiger partial charge is 0.400 e. The third-order valence-electron chi connectivity index (χ3n) is 5.65. The number of halogens is 6. The van der Waals surface area contributed by atoms with Crippen LogP contribution in [0.1, 0.15) is 16.7 Å². The Morgan fingerprint density at radius 1 is 0.675 bits per heavy atom. The molecule has 3 aromatic carbocycles. The van der Waals surface area contributed by atoms with Gasteiger partial charge in [-0.15, -0.1) is 59.7 Å². The van der Waals surface area contributed by atoms with Gasteiger partial charge in [0.15, 0.2) is 0 Å². The van der Waals surface area contributed by atoms with Crippen LogP contribution in [0.25, 0.3) is 33.6 Å². The predicted octanol–water partition coefficient (Wildman–Crippen LogP) is 9.11. The molecule has 0 unspecified atom stereocenters. The van der Waals surface area contributed by atoms with Crippen LogP contribution in [0.3, 0.4) is 0 Å². The summed E-state index contributed by atoms with van der Waals surface area (Å²) in [6, 6.07) is 30.7. The van der Waals surface area contributed by atoms with Gasteiger partial charge in [0.1, 0.15) is 0 Å². The maximum Gasteiger partial charge on any atom is 0.400 e. The van der Waals surface area contributed by atoms with Gasteiger partial charge in [-0.3, -0.25) is 0 Å². The topological polar surface area (TPSA) is 25.8 Å². The van der Waals surface area contributed by atoms with Crippen molar-refractivity contribution in [3.8, 4) is 33.6 Å². The Labute approximate surface area is 241 Å². The summed E-state index contributed by atoms with van der Waals surface area (Å²) in [6.07, 6.45) is -7.06. The number of hydrogen-bond donors (Lipinski definition) is 0. The van der Waals surface area contributed by atoms with E-state index in [4.69, 9.17) is 0 Å². The zero-order valence-electron chi connectivity index (χ0n) is 20.8. The monoisotopic (exact) mass is 727 g/mol. The van der Waals surface area contributed by atoms with Gasteiger partial charge in [0.25, 0.3) is 0 Å². The fourth-order valence-corrected chi connectivity index (χ4v) is 3.78. The number of rotatable bonds is 3. The molecule has 0 fully saturated rings. The number of benzene rings is 3. The minimum Gasteiger partial charge on any atom is -0.305 e. The summed E-state index contributed by atoms with van der Waals surface area (Å²) in [6.45, 7) is 1.79. The molecular weight excluding hydrogens is 707 g/mol. The number of aromatic nitrogens is 2. The van der Waals surface area contributed by atoms with Gasteiger partial charge in [-0.05, 0) is 52.2 Å². The normalized spacial score (nSPS) is 11.2. The first kappa shape index (κ1) is 30.7. The van der Waals surface area contributed by atoms with Crippen molar-refractivity contribution in [1.82, 2.24) is 9.97 Å². The second-order valence-electron chi connectivity index (χ2n) is 8.40. The Morgan fingerprint density at radius 2 is 1.38 bits per heavy atom. The van der Waals surface area contributed by atoms with Gasteiger partial charge >= 0.3 is 12.4 Å². The van der Waals surface area contributed by atoms with E-state index in [2.05, 4.69) is 16.0 Å². The van der Waals surface area contributed by atoms with Crippen LogP contribution in [0, 0.1) is 19.1 Å². The van der Waals surface area contributed by atoms with Crippen molar-refractivity contribution < 1.29 is 46.4 Å². The maximum atomic E-state index is 13.1. The van der Waals surface area contributed by atoms with E-state index in [0.717, 1.165) is 34.0 Å². The predicted molar refractivity (Wildman–Crippen MR) is 137 cm³/mol. The molecule has 0 spiro atoms. The van der Waals surface area contributed by atoms with E-state index < -0.39 is 23.5 Å². The number of nitrogens with zero attached hydrogens (tertiary/aromatic N) is 2. The summed E-state index contributed by atoms with van der Waals surface area (Å²) in [4.78, 5) is 8.29. The fraction of sp³-hybridized carbons (Fsp3) is 0.0968. The summed E-state index contributed by atoms with van der Waals surface area (Å²) in [5.41, 5.74) is 0.671. The van der Waals surface area contributed by atoms with Crippen molar-refractivity contribution in [2.24, 2.45) is 0 Å². The first-order chi connectivity index (χ1) is 18.5. The average molecular weight is 727 g/mol. The molecule has 0 aliphatic carbocycles. The van der Waals surface area contributed by atoms with Crippen LogP contribution >= 0.6 is 0 Å². The van der Waals surface area contributed by atoms with E-state index in [1.807, 2.05) is 66.7 Å². The molecule has 40 heavy (non-hydrogen) atoms. The molecule has 0 aliphatic heterocycles. The molecular formula is C31H20F6IrN2-2. The van der Waals surface area contributed by atoms with Crippen molar-refractivity contribution in [2.45, 2.75) is 19.3 Å². The fourth-order valence-electron chi connectivity index (χ4n) is 3.78. The molecule has 5 aromatic rings. The second-order valence-corrected chi connectivity index (χ2v) is 8.40. The van der Waals surface area contributed by atoms with Gasteiger partial charge in [-0.25, -0.2) is 0 Å². The Balaban J connectivity index is 0.000000283. The molecule has 5 rings (SSSR count). The van der Waals surface area contributed by atoms with E-state index in [-0.39, 0.29) is 31.4 Å². The molecule has 0 bridgehead atoms. The van der Waals surface area contributed by atoms with Crippen molar-refractivity contribution in [3.05, 3.63) is 132 Å². The van der Waals surface area contributed by atoms with Crippen LogP contribution in [0.2, 0.25) is 0 Å². The molecule has 0 saturated carbocycles. The molecule has 0 atom stereocenters. The van der Waals surface area contributed by atoms with Crippen molar-refractivity contribution >= 4 is 0 Å². The summed E-state index contributed by atoms with van der Waals surface area (Å²) in [5.74, 6) is 0. The van der Waals surface area contributed by atoms with Crippen molar-refractivity contribution in [1.29, 1.82) is 0 Å². The smallest absolute Gasteiger partial charge is 0.305 e. The van der Waals surface area contributed by atoms with Gasteiger partial charge in [0.2, 0.25) is 0 Å². The molecule has 0 N–H and O–H groups in total. The number of aryl methyl sites for hydroxylation is 1. The second kappa shape index (κ2) is 13.0. The SMILES string of the molecule is Cc1cnc(-c2[c-]c(C(F)(F)F)c(C(F)(F)F)cc2)cc1-c1ccccc1.[Ir].[c-]1ccccc1-c1ccccn1. The van der Waals surface area contributed by atoms with E-state index in [0.29, 0.717) is 6.07 Å². The molecule has 0 amide bonds. The summed E-state index contributed by atoms with van der Waals surface area (Å²) < 4.78 is 78.1. The quantitative estimate of drug-likeness (QED) is 0.137. The molecule has 0 aliphatic rings. The minimum atomic E-state index is -5.19. The summed E-state index contributed by atoms with van der Waals surface area (Å²) in [5, 5.41) is 0. The van der Waals surface area contributed by atoms with Gasteiger partial charge in [0.05, 0.1) is 0 Å². The van der Waals surface area contributed by atoms with E-state index >= 15 is 0 Å². The van der Waals surface area contributed by atoms with Crippen LogP contribution in [0.5, 0.6) is 0 Å². The Hall–Kier alpha value is -3.81. The zero-order valence-corrected chi connectivity index (χ0v) is 23.2. The molecule has 207 valence electrons. The first-order valence-corrected chi connectivity index (χ1v) is 11.7. The average Bonchev–Trinajstić information content (AvgIpc) is 2.94. The number of hydrogen-bond acceptors (Lipinski definition) is 2. The molecule has 2 heterocycles. The van der Waals surface area contributed by atoms with Crippen LogP contribution in [0.15, 0.2) is 103 Å². The Kier molecular flexibility index (Phi) is 10.0. The van der Waals surface area contributed by atoms with Crippen LogP contribution < -0.4 is 0 Å². The Bertz CT molecular complexity index is 1480. The van der Waals surface area contributed by atoms with E-state index in [1.165, 1.54) is 6.20 Å².